The highest BCUT2D eigenvalue weighted by Crippen LogP contribution is 2.31. The molecule has 1 aromatic heterocycles. The smallest absolute Gasteiger partial charge is 0.419 e. The Morgan fingerprint density at radius 2 is 2.05 bits per heavy atom. The van der Waals surface area contributed by atoms with E-state index in [0.29, 0.717) is 29.6 Å². The normalized spacial score (nSPS) is 14.2. The van der Waals surface area contributed by atoms with Gasteiger partial charge in [-0.25, -0.2) is 14.4 Å². The topological polar surface area (TPSA) is 92.6 Å². The fourth-order valence-electron chi connectivity index (χ4n) is 2.49. The summed E-state index contributed by atoms with van der Waals surface area (Å²) in [5.74, 6) is -0.820. The molecule has 7 nitrogen and oxygen atoms in total. The van der Waals surface area contributed by atoms with Crippen molar-refractivity contribution < 1.29 is 13.9 Å². The molecule has 3 rings (SSSR count). The molecule has 0 saturated carbocycles. The maximum absolute atomic E-state index is 12.2. The van der Waals surface area contributed by atoms with Crippen molar-refractivity contribution in [2.45, 2.75) is 32.8 Å². The number of hydrogen-bond donors (Lipinski definition) is 1. The van der Waals surface area contributed by atoms with E-state index in [0.717, 1.165) is 5.56 Å². The van der Waals surface area contributed by atoms with Crippen LogP contribution in [0.2, 0.25) is 0 Å². The predicted octanol–water partition coefficient (Wildman–Crippen LogP) is 1.78. The molecule has 0 fully saturated rings. The fraction of sp³-hybridized carbons (Fsp3) is 0.400. The Balaban J connectivity index is 2.07. The van der Waals surface area contributed by atoms with Crippen LogP contribution in [-0.2, 0) is 11.2 Å². The Morgan fingerprint density at radius 1 is 1.32 bits per heavy atom. The number of amides is 1. The van der Waals surface area contributed by atoms with E-state index in [1.54, 1.807) is 32.9 Å². The van der Waals surface area contributed by atoms with Gasteiger partial charge in [0.15, 0.2) is 0 Å². The quantitative estimate of drug-likeness (QED) is 0.801. The molecule has 1 N–H and O–H groups in total. The lowest BCUT2D eigenvalue weighted by atomic mass is 10.1. The number of rotatable bonds is 0. The molecule has 1 aromatic carbocycles. The highest BCUT2D eigenvalue weighted by atomic mass is 16.6. The van der Waals surface area contributed by atoms with Crippen LogP contribution in [0.3, 0.4) is 0 Å². The highest BCUT2D eigenvalue weighted by molar-refractivity contribution is 5.94. The number of benzene rings is 1. The Hall–Kier alpha value is -2.57. The summed E-state index contributed by atoms with van der Waals surface area (Å²) < 4.78 is 9.89. The zero-order valence-corrected chi connectivity index (χ0v) is 12.6. The van der Waals surface area contributed by atoms with Crippen molar-refractivity contribution >= 4 is 22.7 Å². The Kier molecular flexibility index (Phi) is 3.09. The average Bonchev–Trinajstić information content (AvgIpc) is 2.77. The number of nitrogens with one attached hydrogen (secondary N) is 1. The Morgan fingerprint density at radius 3 is 2.73 bits per heavy atom. The molecule has 0 radical (unpaired) electrons. The van der Waals surface area contributed by atoms with Gasteiger partial charge in [0.05, 0.1) is 16.6 Å². The van der Waals surface area contributed by atoms with Gasteiger partial charge in [-0.1, -0.05) is 0 Å². The van der Waals surface area contributed by atoms with E-state index in [9.17, 15) is 14.4 Å². The minimum absolute atomic E-state index is 0.296. The molecule has 7 heteroatoms. The van der Waals surface area contributed by atoms with Gasteiger partial charge in [-0.05, 0) is 44.9 Å². The standard InChI is InChI=1S/C15H16N2O5/c1-15(2,3)22-14(20)17-5-4-8-6-9-10(7-11(8)17)16-13(19)21-12(9)18/h6-7H,4-5H2,1-3H3,(H,16,19). The van der Waals surface area contributed by atoms with Crippen molar-refractivity contribution in [3.63, 3.8) is 0 Å². The largest absolute Gasteiger partial charge is 0.443 e. The third-order valence-corrected chi connectivity index (χ3v) is 3.37. The number of anilines is 1. The molecular formula is C15H16N2O5. The Bertz CT molecular complexity index is 872. The van der Waals surface area contributed by atoms with E-state index in [1.165, 1.54) is 4.90 Å². The number of ether oxygens (including phenoxy) is 1. The molecular weight excluding hydrogens is 288 g/mol. The van der Waals surface area contributed by atoms with Crippen LogP contribution in [0.5, 0.6) is 0 Å². The van der Waals surface area contributed by atoms with E-state index in [-0.39, 0.29) is 0 Å². The van der Waals surface area contributed by atoms with Gasteiger partial charge >= 0.3 is 17.5 Å². The van der Waals surface area contributed by atoms with Crippen LogP contribution in [0.15, 0.2) is 26.1 Å². The molecule has 0 unspecified atom stereocenters. The molecule has 1 amide bonds. The van der Waals surface area contributed by atoms with Gasteiger partial charge in [0.1, 0.15) is 5.60 Å². The monoisotopic (exact) mass is 304 g/mol. The van der Waals surface area contributed by atoms with Crippen molar-refractivity contribution in [2.75, 3.05) is 11.4 Å². The number of H-pyrrole nitrogens is 1. The average molecular weight is 304 g/mol. The number of carbonyl (C=O) groups excluding carboxylic acids is 1. The molecule has 2 heterocycles. The summed E-state index contributed by atoms with van der Waals surface area (Å²) in [6.07, 6.45) is 0.166. The number of hydrogen-bond acceptors (Lipinski definition) is 5. The second-order valence-electron chi connectivity index (χ2n) is 6.21. The molecule has 0 saturated heterocycles. The summed E-state index contributed by atoms with van der Waals surface area (Å²) >= 11 is 0. The van der Waals surface area contributed by atoms with Crippen LogP contribution >= 0.6 is 0 Å². The first-order chi connectivity index (χ1) is 10.2. The van der Waals surface area contributed by atoms with Gasteiger partial charge in [-0.3, -0.25) is 9.88 Å². The SMILES string of the molecule is CC(C)(C)OC(=O)N1CCc2cc3c(=O)oc(=O)[nH]c3cc21. The second-order valence-corrected chi connectivity index (χ2v) is 6.21. The summed E-state index contributed by atoms with van der Waals surface area (Å²) in [6.45, 7) is 5.86. The minimum atomic E-state index is -0.820. The van der Waals surface area contributed by atoms with Crippen LogP contribution in [0.4, 0.5) is 10.5 Å². The first kappa shape index (κ1) is 14.4. The summed E-state index contributed by atoms with van der Waals surface area (Å²) in [5, 5.41) is 0.296. The lowest BCUT2D eigenvalue weighted by molar-refractivity contribution is 0.0584. The van der Waals surface area contributed by atoms with E-state index in [4.69, 9.17) is 4.74 Å². The number of aromatic nitrogens is 1. The second kappa shape index (κ2) is 4.72. The van der Waals surface area contributed by atoms with Crippen molar-refractivity contribution in [1.82, 2.24) is 4.98 Å². The molecule has 116 valence electrons. The summed E-state index contributed by atoms with van der Waals surface area (Å²) in [4.78, 5) is 39.2. The van der Waals surface area contributed by atoms with Gasteiger partial charge < -0.3 is 9.15 Å². The highest BCUT2D eigenvalue weighted by Gasteiger charge is 2.29. The molecule has 22 heavy (non-hydrogen) atoms. The van der Waals surface area contributed by atoms with Gasteiger partial charge in [0.25, 0.3) is 0 Å². The first-order valence-corrected chi connectivity index (χ1v) is 6.95. The van der Waals surface area contributed by atoms with E-state index in [2.05, 4.69) is 9.40 Å². The summed E-state index contributed by atoms with van der Waals surface area (Å²) in [5.41, 5.74) is 0.555. The van der Waals surface area contributed by atoms with Crippen molar-refractivity contribution in [3.8, 4) is 0 Å². The van der Waals surface area contributed by atoms with E-state index in [1.807, 2.05) is 0 Å². The third-order valence-electron chi connectivity index (χ3n) is 3.37. The zero-order valence-electron chi connectivity index (χ0n) is 12.6. The van der Waals surface area contributed by atoms with Crippen molar-refractivity contribution in [1.29, 1.82) is 0 Å². The van der Waals surface area contributed by atoms with Crippen LogP contribution in [-0.4, -0.2) is 23.2 Å². The van der Waals surface area contributed by atoms with E-state index >= 15 is 0 Å². The van der Waals surface area contributed by atoms with Gasteiger partial charge in [0.2, 0.25) is 0 Å². The molecule has 2 aromatic rings. The molecule has 0 aliphatic carbocycles. The molecule has 0 spiro atoms. The van der Waals surface area contributed by atoms with Crippen LogP contribution in [0, 0.1) is 0 Å². The van der Waals surface area contributed by atoms with Gasteiger partial charge in [-0.2, -0.15) is 0 Å². The maximum Gasteiger partial charge on any atom is 0.419 e. The van der Waals surface area contributed by atoms with Crippen LogP contribution in [0.25, 0.3) is 10.9 Å². The van der Waals surface area contributed by atoms with Crippen molar-refractivity contribution in [3.05, 3.63) is 38.7 Å². The predicted molar refractivity (Wildman–Crippen MR) is 80.4 cm³/mol. The zero-order chi connectivity index (χ0) is 16.1. The summed E-state index contributed by atoms with van der Waals surface area (Å²) in [7, 11) is 0. The van der Waals surface area contributed by atoms with Crippen LogP contribution in [0.1, 0.15) is 26.3 Å². The first-order valence-electron chi connectivity index (χ1n) is 6.95. The molecule has 1 aliphatic rings. The molecule has 1 aliphatic heterocycles. The number of nitrogens with zero attached hydrogens (tertiary/aromatic N) is 1. The van der Waals surface area contributed by atoms with Gasteiger partial charge in [0, 0.05) is 6.54 Å². The van der Waals surface area contributed by atoms with Crippen molar-refractivity contribution in [2.24, 2.45) is 0 Å². The van der Waals surface area contributed by atoms with Gasteiger partial charge in [-0.15, -0.1) is 0 Å². The number of fused-ring (bicyclic) bond motifs is 2. The lowest BCUT2D eigenvalue weighted by Crippen LogP contribution is -2.35. The maximum atomic E-state index is 12.2. The Labute approximate surface area is 125 Å². The number of aromatic amines is 1. The molecule has 0 atom stereocenters. The van der Waals surface area contributed by atoms with Crippen LogP contribution < -0.4 is 16.3 Å². The third kappa shape index (κ3) is 2.49. The lowest BCUT2D eigenvalue weighted by Gasteiger charge is -2.24. The summed E-state index contributed by atoms with van der Waals surface area (Å²) in [6, 6.07) is 3.26. The van der Waals surface area contributed by atoms with E-state index < -0.39 is 23.1 Å². The number of carbonyl (C=O) groups is 1. The fourth-order valence-corrected chi connectivity index (χ4v) is 2.49. The molecule has 0 bridgehead atoms. The minimum Gasteiger partial charge on any atom is -0.443 e.